The summed E-state index contributed by atoms with van der Waals surface area (Å²) in [7, 11) is 0. The molecule has 0 spiro atoms. The van der Waals surface area contributed by atoms with Crippen molar-refractivity contribution < 1.29 is 4.52 Å². The second-order valence-corrected chi connectivity index (χ2v) is 4.28. The van der Waals surface area contributed by atoms with Crippen LogP contribution >= 0.6 is 0 Å². The van der Waals surface area contributed by atoms with Gasteiger partial charge in [0, 0.05) is 5.92 Å². The summed E-state index contributed by atoms with van der Waals surface area (Å²) in [5.41, 5.74) is 5.76. The largest absolute Gasteiger partial charge is 0.337 e. The highest BCUT2D eigenvalue weighted by Gasteiger charge is 2.40. The summed E-state index contributed by atoms with van der Waals surface area (Å²) < 4.78 is 5.21. The number of hydrogen-bond acceptors (Lipinski definition) is 4. The Bertz CT molecular complexity index is 317. The Labute approximate surface area is 83.9 Å². The van der Waals surface area contributed by atoms with Gasteiger partial charge in [0.25, 0.3) is 0 Å². The van der Waals surface area contributed by atoms with Crippen molar-refractivity contribution in [3.05, 3.63) is 11.7 Å². The van der Waals surface area contributed by atoms with Gasteiger partial charge < -0.3 is 10.3 Å². The summed E-state index contributed by atoms with van der Waals surface area (Å²) in [6.07, 6.45) is 4.12. The van der Waals surface area contributed by atoms with Crippen molar-refractivity contribution in [2.45, 2.75) is 51.0 Å². The molecule has 78 valence electrons. The van der Waals surface area contributed by atoms with E-state index in [1.165, 1.54) is 0 Å². The van der Waals surface area contributed by atoms with Gasteiger partial charge >= 0.3 is 0 Å². The molecular formula is C10H17N3O. The van der Waals surface area contributed by atoms with E-state index in [4.69, 9.17) is 10.3 Å². The molecule has 1 aromatic rings. The molecule has 1 atom stereocenters. The molecule has 0 amide bonds. The van der Waals surface area contributed by atoms with Gasteiger partial charge in [-0.1, -0.05) is 19.0 Å². The van der Waals surface area contributed by atoms with Crippen LogP contribution in [-0.2, 0) is 5.54 Å². The molecule has 0 aromatic carbocycles. The SMILES string of the molecule is CCC(C)c1noc(C2(N)CCC2)n1. The lowest BCUT2D eigenvalue weighted by atomic mass is 9.78. The van der Waals surface area contributed by atoms with Crippen LogP contribution < -0.4 is 5.73 Å². The predicted octanol–water partition coefficient (Wildman–Crippen LogP) is 1.92. The van der Waals surface area contributed by atoms with Gasteiger partial charge in [-0.25, -0.2) is 0 Å². The molecule has 1 unspecified atom stereocenters. The van der Waals surface area contributed by atoms with Gasteiger partial charge in [0.05, 0.1) is 5.54 Å². The minimum Gasteiger partial charge on any atom is -0.337 e. The molecule has 1 saturated carbocycles. The van der Waals surface area contributed by atoms with Crippen LogP contribution in [0.5, 0.6) is 0 Å². The normalized spacial score (nSPS) is 21.6. The molecule has 1 aliphatic rings. The Morgan fingerprint density at radius 1 is 1.57 bits per heavy atom. The van der Waals surface area contributed by atoms with E-state index < -0.39 is 0 Å². The van der Waals surface area contributed by atoms with Gasteiger partial charge in [0.1, 0.15) is 0 Å². The minimum atomic E-state index is -0.321. The number of rotatable bonds is 3. The molecule has 1 aromatic heterocycles. The molecule has 1 heterocycles. The van der Waals surface area contributed by atoms with Gasteiger partial charge in [0.2, 0.25) is 5.89 Å². The van der Waals surface area contributed by atoms with Crippen molar-refractivity contribution in [1.82, 2.24) is 10.1 Å². The van der Waals surface area contributed by atoms with Crippen LogP contribution in [-0.4, -0.2) is 10.1 Å². The van der Waals surface area contributed by atoms with E-state index in [0.717, 1.165) is 31.5 Å². The quantitative estimate of drug-likeness (QED) is 0.800. The average Bonchev–Trinajstić information content (AvgIpc) is 2.62. The maximum absolute atomic E-state index is 6.08. The van der Waals surface area contributed by atoms with E-state index in [-0.39, 0.29) is 5.54 Å². The van der Waals surface area contributed by atoms with Gasteiger partial charge in [-0.05, 0) is 25.7 Å². The smallest absolute Gasteiger partial charge is 0.246 e. The second kappa shape index (κ2) is 3.35. The summed E-state index contributed by atoms with van der Waals surface area (Å²) in [6.45, 7) is 4.21. The molecule has 1 aliphatic carbocycles. The summed E-state index contributed by atoms with van der Waals surface area (Å²) in [4.78, 5) is 4.37. The lowest BCUT2D eigenvalue weighted by Gasteiger charge is -2.33. The summed E-state index contributed by atoms with van der Waals surface area (Å²) >= 11 is 0. The van der Waals surface area contributed by atoms with Gasteiger partial charge in [-0.3, -0.25) is 0 Å². The number of aromatic nitrogens is 2. The van der Waals surface area contributed by atoms with Crippen LogP contribution in [0.3, 0.4) is 0 Å². The molecule has 4 nitrogen and oxygen atoms in total. The zero-order chi connectivity index (χ0) is 10.2. The van der Waals surface area contributed by atoms with E-state index >= 15 is 0 Å². The van der Waals surface area contributed by atoms with E-state index in [1.807, 2.05) is 0 Å². The van der Waals surface area contributed by atoms with Crippen molar-refractivity contribution in [1.29, 1.82) is 0 Å². The van der Waals surface area contributed by atoms with E-state index in [2.05, 4.69) is 24.0 Å². The van der Waals surface area contributed by atoms with Gasteiger partial charge in [0.15, 0.2) is 5.82 Å². The lowest BCUT2D eigenvalue weighted by Crippen LogP contribution is -2.43. The molecule has 2 rings (SSSR count). The van der Waals surface area contributed by atoms with Gasteiger partial charge in [-0.15, -0.1) is 0 Å². The Balaban J connectivity index is 2.17. The molecule has 0 aliphatic heterocycles. The number of nitrogens with two attached hydrogens (primary N) is 1. The highest BCUT2D eigenvalue weighted by atomic mass is 16.5. The third kappa shape index (κ3) is 1.43. The molecular weight excluding hydrogens is 178 g/mol. The second-order valence-electron chi connectivity index (χ2n) is 4.28. The Hall–Kier alpha value is -0.900. The number of nitrogens with zero attached hydrogens (tertiary/aromatic N) is 2. The fraction of sp³-hybridized carbons (Fsp3) is 0.800. The first-order valence-electron chi connectivity index (χ1n) is 5.28. The monoisotopic (exact) mass is 195 g/mol. The topological polar surface area (TPSA) is 64.9 Å². The fourth-order valence-electron chi connectivity index (χ4n) is 1.59. The summed E-state index contributed by atoms with van der Waals surface area (Å²) in [6, 6.07) is 0. The van der Waals surface area contributed by atoms with Crippen LogP contribution in [0.15, 0.2) is 4.52 Å². The highest BCUT2D eigenvalue weighted by molar-refractivity contribution is 5.08. The van der Waals surface area contributed by atoms with Crippen molar-refractivity contribution in [2.24, 2.45) is 5.73 Å². The minimum absolute atomic E-state index is 0.321. The lowest BCUT2D eigenvalue weighted by molar-refractivity contribution is 0.181. The summed E-state index contributed by atoms with van der Waals surface area (Å²) in [5, 5.41) is 3.97. The Morgan fingerprint density at radius 3 is 2.79 bits per heavy atom. The third-order valence-corrected chi connectivity index (χ3v) is 3.17. The molecule has 0 saturated heterocycles. The summed E-state index contributed by atoms with van der Waals surface area (Å²) in [5.74, 6) is 1.77. The molecule has 1 fully saturated rings. The maximum atomic E-state index is 6.08. The molecule has 2 N–H and O–H groups in total. The Kier molecular flexibility index (Phi) is 2.31. The van der Waals surface area contributed by atoms with Crippen LogP contribution in [0.1, 0.15) is 57.2 Å². The first-order valence-corrected chi connectivity index (χ1v) is 5.28. The van der Waals surface area contributed by atoms with Crippen LogP contribution in [0.2, 0.25) is 0 Å². The molecule has 0 bridgehead atoms. The van der Waals surface area contributed by atoms with Crippen molar-refractivity contribution in [2.75, 3.05) is 0 Å². The first-order chi connectivity index (χ1) is 6.65. The maximum Gasteiger partial charge on any atom is 0.246 e. The zero-order valence-electron chi connectivity index (χ0n) is 8.79. The van der Waals surface area contributed by atoms with Crippen LogP contribution in [0, 0.1) is 0 Å². The Morgan fingerprint density at radius 2 is 2.29 bits per heavy atom. The van der Waals surface area contributed by atoms with E-state index in [9.17, 15) is 0 Å². The predicted molar refractivity (Wildman–Crippen MR) is 52.7 cm³/mol. The zero-order valence-corrected chi connectivity index (χ0v) is 8.79. The average molecular weight is 195 g/mol. The molecule has 4 heteroatoms. The fourth-order valence-corrected chi connectivity index (χ4v) is 1.59. The standard InChI is InChI=1S/C10H17N3O/c1-3-7(2)8-12-9(14-13-8)10(11)5-4-6-10/h7H,3-6,11H2,1-2H3. The molecule has 0 radical (unpaired) electrons. The van der Waals surface area contributed by atoms with Crippen molar-refractivity contribution >= 4 is 0 Å². The van der Waals surface area contributed by atoms with Crippen molar-refractivity contribution in [3.63, 3.8) is 0 Å². The highest BCUT2D eigenvalue weighted by Crippen LogP contribution is 2.37. The van der Waals surface area contributed by atoms with E-state index in [0.29, 0.717) is 11.8 Å². The van der Waals surface area contributed by atoms with Crippen LogP contribution in [0.25, 0.3) is 0 Å². The number of hydrogen-bond donors (Lipinski definition) is 1. The van der Waals surface area contributed by atoms with Crippen LogP contribution in [0.4, 0.5) is 0 Å². The van der Waals surface area contributed by atoms with Gasteiger partial charge in [-0.2, -0.15) is 4.98 Å². The molecule has 14 heavy (non-hydrogen) atoms. The van der Waals surface area contributed by atoms with E-state index in [1.54, 1.807) is 0 Å². The third-order valence-electron chi connectivity index (χ3n) is 3.17. The van der Waals surface area contributed by atoms with Crippen molar-refractivity contribution in [3.8, 4) is 0 Å². The first kappa shape index (κ1) is 9.65.